The minimum atomic E-state index is -0.733. The average molecular weight is 313 g/mol. The third-order valence-electron chi connectivity index (χ3n) is 4.25. The van der Waals surface area contributed by atoms with Gasteiger partial charge in [-0.3, -0.25) is 4.79 Å². The first-order valence-electron chi connectivity index (χ1n) is 8.32. The highest BCUT2D eigenvalue weighted by molar-refractivity contribution is 6.21. The second kappa shape index (κ2) is 10.9. The highest BCUT2D eigenvalue weighted by Crippen LogP contribution is 2.39. The Morgan fingerprint density at radius 2 is 2.00 bits per heavy atom. The molecule has 2 nitrogen and oxygen atoms in total. The van der Waals surface area contributed by atoms with Crippen LogP contribution in [0, 0.1) is 11.8 Å². The van der Waals surface area contributed by atoms with Crippen molar-refractivity contribution < 1.29 is 9.90 Å². The maximum absolute atomic E-state index is 10.5. The van der Waals surface area contributed by atoms with Gasteiger partial charge in [-0.1, -0.05) is 44.1 Å². The van der Waals surface area contributed by atoms with Gasteiger partial charge in [0.15, 0.2) is 0 Å². The molecule has 0 radical (unpaired) electrons. The maximum atomic E-state index is 10.5. The SMILES string of the molecule is CCCCCC=C[C@H]1CCC(Cl)[C@@H]1CC=CCCC(=O)O. The van der Waals surface area contributed by atoms with Crippen molar-refractivity contribution in [3.05, 3.63) is 24.3 Å². The molecule has 0 aromatic carbocycles. The van der Waals surface area contributed by atoms with Crippen molar-refractivity contribution in [3.8, 4) is 0 Å². The van der Waals surface area contributed by atoms with E-state index in [1.807, 2.05) is 6.08 Å². The molecule has 1 rings (SSSR count). The number of unbranched alkanes of at least 4 members (excludes halogenated alkanes) is 3. The molecule has 1 N–H and O–H groups in total. The molecule has 0 bridgehead atoms. The summed E-state index contributed by atoms with van der Waals surface area (Å²) in [5.41, 5.74) is 0. The minimum absolute atomic E-state index is 0.215. The number of hydrogen-bond donors (Lipinski definition) is 1. The van der Waals surface area contributed by atoms with Crippen LogP contribution in [0.4, 0.5) is 0 Å². The molecule has 3 atom stereocenters. The number of allylic oxidation sites excluding steroid dienone is 4. The van der Waals surface area contributed by atoms with E-state index in [9.17, 15) is 4.79 Å². The van der Waals surface area contributed by atoms with E-state index in [-0.39, 0.29) is 11.8 Å². The first-order chi connectivity index (χ1) is 10.1. The second-order valence-corrected chi connectivity index (χ2v) is 6.55. The third-order valence-corrected chi connectivity index (χ3v) is 4.79. The van der Waals surface area contributed by atoms with Gasteiger partial charge < -0.3 is 5.11 Å². The van der Waals surface area contributed by atoms with Crippen LogP contribution < -0.4 is 0 Å². The normalized spacial score (nSPS) is 26.1. The Morgan fingerprint density at radius 3 is 2.71 bits per heavy atom. The molecule has 1 aliphatic carbocycles. The van der Waals surface area contributed by atoms with Gasteiger partial charge in [0.1, 0.15) is 0 Å². The topological polar surface area (TPSA) is 37.3 Å². The summed E-state index contributed by atoms with van der Waals surface area (Å²) in [7, 11) is 0. The van der Waals surface area contributed by atoms with E-state index in [2.05, 4.69) is 25.2 Å². The molecule has 1 unspecified atom stereocenters. The van der Waals surface area contributed by atoms with Gasteiger partial charge >= 0.3 is 5.97 Å². The van der Waals surface area contributed by atoms with Crippen molar-refractivity contribution in [2.45, 2.75) is 70.1 Å². The third kappa shape index (κ3) is 7.71. The van der Waals surface area contributed by atoms with Crippen molar-refractivity contribution in [1.82, 2.24) is 0 Å². The summed E-state index contributed by atoms with van der Waals surface area (Å²) in [6, 6.07) is 0. The van der Waals surface area contributed by atoms with Gasteiger partial charge in [0.05, 0.1) is 0 Å². The minimum Gasteiger partial charge on any atom is -0.481 e. The van der Waals surface area contributed by atoms with Crippen molar-refractivity contribution >= 4 is 17.6 Å². The molecule has 1 aliphatic rings. The highest BCUT2D eigenvalue weighted by atomic mass is 35.5. The molecule has 1 fully saturated rings. The lowest BCUT2D eigenvalue weighted by molar-refractivity contribution is -0.136. The lowest BCUT2D eigenvalue weighted by Crippen LogP contribution is -2.12. The summed E-state index contributed by atoms with van der Waals surface area (Å²) >= 11 is 6.44. The van der Waals surface area contributed by atoms with E-state index in [1.165, 1.54) is 32.1 Å². The Hall–Kier alpha value is -0.760. The van der Waals surface area contributed by atoms with E-state index in [1.54, 1.807) is 0 Å². The number of aliphatic carboxylic acids is 1. The number of rotatable bonds is 10. The summed E-state index contributed by atoms with van der Waals surface area (Å²) < 4.78 is 0. The highest BCUT2D eigenvalue weighted by Gasteiger charge is 2.32. The van der Waals surface area contributed by atoms with Crippen LogP contribution in [-0.4, -0.2) is 16.5 Å². The molecule has 0 aromatic rings. The number of alkyl halides is 1. The van der Waals surface area contributed by atoms with Gasteiger partial charge in [0.25, 0.3) is 0 Å². The van der Waals surface area contributed by atoms with Gasteiger partial charge in [-0.2, -0.15) is 0 Å². The lowest BCUT2D eigenvalue weighted by Gasteiger charge is -2.17. The fourth-order valence-electron chi connectivity index (χ4n) is 2.97. The van der Waals surface area contributed by atoms with Crippen LogP contribution in [0.25, 0.3) is 0 Å². The standard InChI is InChI=1S/C18H29ClO2/c1-2-3-4-5-7-10-15-13-14-17(19)16(15)11-8-6-9-12-18(20)21/h6-8,10,15-17H,2-5,9,11-14H2,1H3,(H,20,21)/t15-,16+,17?/m0/s1. The van der Waals surface area contributed by atoms with Gasteiger partial charge in [0.2, 0.25) is 0 Å². The Morgan fingerprint density at radius 1 is 1.19 bits per heavy atom. The fourth-order valence-corrected chi connectivity index (χ4v) is 3.39. The molecule has 0 amide bonds. The van der Waals surface area contributed by atoms with Gasteiger partial charge in [0, 0.05) is 11.8 Å². The van der Waals surface area contributed by atoms with E-state index in [0.717, 1.165) is 12.8 Å². The van der Waals surface area contributed by atoms with Crippen LogP contribution in [0.5, 0.6) is 0 Å². The van der Waals surface area contributed by atoms with Crippen LogP contribution in [0.3, 0.4) is 0 Å². The van der Waals surface area contributed by atoms with Crippen molar-refractivity contribution in [2.24, 2.45) is 11.8 Å². The van der Waals surface area contributed by atoms with Gasteiger partial charge in [-0.05, 0) is 50.4 Å². The number of hydrogen-bond acceptors (Lipinski definition) is 1. The summed E-state index contributed by atoms with van der Waals surface area (Å²) in [5.74, 6) is 0.372. The first-order valence-corrected chi connectivity index (χ1v) is 8.76. The molecule has 0 aromatic heterocycles. The fraction of sp³-hybridized carbons (Fsp3) is 0.722. The van der Waals surface area contributed by atoms with Crippen molar-refractivity contribution in [1.29, 1.82) is 0 Å². The number of carbonyl (C=O) groups is 1. The maximum Gasteiger partial charge on any atom is 0.303 e. The summed E-state index contributed by atoms with van der Waals surface area (Å²) in [4.78, 5) is 10.5. The van der Waals surface area contributed by atoms with Crippen LogP contribution in [0.2, 0.25) is 0 Å². The monoisotopic (exact) mass is 312 g/mol. The number of carboxylic acid groups (broad SMARTS) is 1. The number of halogens is 1. The average Bonchev–Trinajstić information content (AvgIpc) is 2.79. The lowest BCUT2D eigenvalue weighted by atomic mass is 9.91. The molecule has 1 saturated carbocycles. The van der Waals surface area contributed by atoms with Crippen LogP contribution in [0.15, 0.2) is 24.3 Å². The van der Waals surface area contributed by atoms with Crippen molar-refractivity contribution in [2.75, 3.05) is 0 Å². The Kier molecular flexibility index (Phi) is 9.49. The molecule has 0 aliphatic heterocycles. The largest absolute Gasteiger partial charge is 0.481 e. The van der Waals surface area contributed by atoms with E-state index in [0.29, 0.717) is 18.3 Å². The van der Waals surface area contributed by atoms with E-state index < -0.39 is 5.97 Å². The predicted octanol–water partition coefficient (Wildman–Crippen LogP) is 5.57. The van der Waals surface area contributed by atoms with E-state index >= 15 is 0 Å². The van der Waals surface area contributed by atoms with Crippen LogP contribution in [-0.2, 0) is 4.79 Å². The van der Waals surface area contributed by atoms with Crippen LogP contribution in [0.1, 0.15) is 64.7 Å². The molecular weight excluding hydrogens is 284 g/mol. The number of carboxylic acids is 1. The first kappa shape index (κ1) is 18.3. The van der Waals surface area contributed by atoms with Crippen molar-refractivity contribution in [3.63, 3.8) is 0 Å². The summed E-state index contributed by atoms with van der Waals surface area (Å²) in [6.45, 7) is 2.23. The molecule has 3 heteroatoms. The smallest absolute Gasteiger partial charge is 0.303 e. The zero-order valence-electron chi connectivity index (χ0n) is 13.1. The molecule has 0 saturated heterocycles. The van der Waals surface area contributed by atoms with E-state index in [4.69, 9.17) is 16.7 Å². The zero-order valence-corrected chi connectivity index (χ0v) is 13.9. The summed E-state index contributed by atoms with van der Waals surface area (Å²) in [6.07, 6.45) is 17.9. The quantitative estimate of drug-likeness (QED) is 0.325. The second-order valence-electron chi connectivity index (χ2n) is 5.98. The van der Waals surface area contributed by atoms with Crippen LogP contribution >= 0.6 is 11.6 Å². The molecule has 120 valence electrons. The summed E-state index contributed by atoms with van der Waals surface area (Å²) in [5, 5.41) is 8.87. The molecule has 0 spiro atoms. The zero-order chi connectivity index (χ0) is 15.5. The predicted molar refractivity (Wildman–Crippen MR) is 89.8 cm³/mol. The van der Waals surface area contributed by atoms with Gasteiger partial charge in [-0.15, -0.1) is 11.6 Å². The molecule has 21 heavy (non-hydrogen) atoms. The Balaban J connectivity index is 2.33. The Labute approximate surface area is 134 Å². The molecular formula is C18H29ClO2. The Bertz CT molecular complexity index is 349. The molecule has 0 heterocycles. The van der Waals surface area contributed by atoms with Gasteiger partial charge in [-0.25, -0.2) is 0 Å².